The van der Waals surface area contributed by atoms with Crippen molar-refractivity contribution in [2.24, 2.45) is 0 Å². The maximum Gasteiger partial charge on any atom is 0.354 e. The van der Waals surface area contributed by atoms with Crippen LogP contribution in [0, 0.1) is 13.8 Å². The number of ether oxygens (including phenoxy) is 1. The van der Waals surface area contributed by atoms with E-state index in [9.17, 15) is 4.79 Å². The summed E-state index contributed by atoms with van der Waals surface area (Å²) in [6.45, 7) is 4.71. The topological polar surface area (TPSA) is 72.8 Å². The maximum atomic E-state index is 11.7. The fraction of sp³-hybridized carbons (Fsp3) is 0.211. The summed E-state index contributed by atoms with van der Waals surface area (Å²) in [7, 11) is 1.38. The van der Waals surface area contributed by atoms with E-state index in [4.69, 9.17) is 4.74 Å². The number of nitrogens with zero attached hydrogens (tertiary/aromatic N) is 3. The normalized spacial score (nSPS) is 11.3. The molecule has 4 rings (SSSR count). The number of carbonyl (C=O) groups is 1. The highest BCUT2D eigenvalue weighted by molar-refractivity contribution is 5.94. The molecule has 126 valence electrons. The molecule has 1 N–H and O–H groups in total. The Morgan fingerprint density at radius 1 is 1.24 bits per heavy atom. The van der Waals surface area contributed by atoms with Crippen molar-refractivity contribution in [2.45, 2.75) is 20.4 Å². The van der Waals surface area contributed by atoms with Gasteiger partial charge in [-0.05, 0) is 49.2 Å². The lowest BCUT2D eigenvalue weighted by molar-refractivity contribution is 0.0595. The third-order valence-electron chi connectivity index (χ3n) is 4.33. The Bertz CT molecular complexity index is 1110. The van der Waals surface area contributed by atoms with Crippen molar-refractivity contribution in [3.8, 4) is 0 Å². The summed E-state index contributed by atoms with van der Waals surface area (Å²) in [5.41, 5.74) is 6.41. The molecular weight excluding hydrogens is 316 g/mol. The minimum atomic E-state index is -0.367. The summed E-state index contributed by atoms with van der Waals surface area (Å²) in [6, 6.07) is 9.92. The second kappa shape index (κ2) is 5.73. The summed E-state index contributed by atoms with van der Waals surface area (Å²) in [6.07, 6.45) is 1.82. The van der Waals surface area contributed by atoms with E-state index in [-0.39, 0.29) is 5.97 Å². The van der Waals surface area contributed by atoms with Gasteiger partial charge < -0.3 is 14.3 Å². The number of nitrogens with one attached hydrogen (secondary N) is 1. The summed E-state index contributed by atoms with van der Waals surface area (Å²) in [4.78, 5) is 23.8. The number of benzene rings is 1. The smallest absolute Gasteiger partial charge is 0.354 e. The SMILES string of the molecule is COC(=O)c1cc2cc(Cn3cnc4c(C)cc(C)nc43)ccc2[nH]1. The Morgan fingerprint density at radius 2 is 2.08 bits per heavy atom. The molecule has 0 aliphatic heterocycles. The summed E-state index contributed by atoms with van der Waals surface area (Å²) in [5, 5.41) is 0.975. The molecule has 0 bridgehead atoms. The number of aromatic nitrogens is 4. The van der Waals surface area contributed by atoms with Crippen molar-refractivity contribution in [2.75, 3.05) is 7.11 Å². The first-order chi connectivity index (χ1) is 12.0. The molecule has 0 radical (unpaired) electrons. The number of methoxy groups -OCH3 is 1. The molecule has 6 heteroatoms. The highest BCUT2D eigenvalue weighted by Gasteiger charge is 2.11. The van der Waals surface area contributed by atoms with Gasteiger partial charge in [-0.15, -0.1) is 0 Å². The van der Waals surface area contributed by atoms with Gasteiger partial charge in [-0.25, -0.2) is 14.8 Å². The quantitative estimate of drug-likeness (QED) is 0.583. The zero-order chi connectivity index (χ0) is 17.6. The number of fused-ring (bicyclic) bond motifs is 2. The van der Waals surface area contributed by atoms with Gasteiger partial charge in [0.25, 0.3) is 0 Å². The molecule has 0 saturated heterocycles. The Kier molecular flexibility index (Phi) is 3.53. The lowest BCUT2D eigenvalue weighted by Gasteiger charge is -2.05. The lowest BCUT2D eigenvalue weighted by atomic mass is 10.1. The van der Waals surface area contributed by atoms with Crippen LogP contribution < -0.4 is 0 Å². The number of aryl methyl sites for hydroxylation is 2. The predicted molar refractivity (Wildman–Crippen MR) is 95.7 cm³/mol. The van der Waals surface area contributed by atoms with Crippen molar-refractivity contribution < 1.29 is 9.53 Å². The molecule has 1 aromatic carbocycles. The van der Waals surface area contributed by atoms with Crippen molar-refractivity contribution in [1.82, 2.24) is 19.5 Å². The van der Waals surface area contributed by atoms with Gasteiger partial charge in [-0.3, -0.25) is 0 Å². The molecule has 0 aliphatic rings. The zero-order valence-electron chi connectivity index (χ0n) is 14.3. The number of aromatic amines is 1. The Labute approximate surface area is 144 Å². The third-order valence-corrected chi connectivity index (χ3v) is 4.33. The van der Waals surface area contributed by atoms with Crippen molar-refractivity contribution in [1.29, 1.82) is 0 Å². The molecule has 6 nitrogen and oxygen atoms in total. The van der Waals surface area contributed by atoms with Gasteiger partial charge in [0.15, 0.2) is 5.65 Å². The van der Waals surface area contributed by atoms with Crippen molar-refractivity contribution >= 4 is 28.0 Å². The van der Waals surface area contributed by atoms with Gasteiger partial charge in [0.05, 0.1) is 20.0 Å². The molecule has 0 amide bonds. The molecular formula is C19H18N4O2. The lowest BCUT2D eigenvalue weighted by Crippen LogP contribution is -2.00. The molecule has 0 fully saturated rings. The van der Waals surface area contributed by atoms with Crippen LogP contribution in [0.2, 0.25) is 0 Å². The first-order valence-electron chi connectivity index (χ1n) is 8.04. The summed E-state index contributed by atoms with van der Waals surface area (Å²) in [5.74, 6) is -0.367. The molecule has 0 spiro atoms. The van der Waals surface area contributed by atoms with Crippen LogP contribution in [0.15, 0.2) is 36.7 Å². The van der Waals surface area contributed by atoms with Crippen LogP contribution in [-0.4, -0.2) is 32.6 Å². The van der Waals surface area contributed by atoms with E-state index in [0.717, 1.165) is 38.9 Å². The fourth-order valence-electron chi connectivity index (χ4n) is 3.17. The summed E-state index contributed by atoms with van der Waals surface area (Å²) < 4.78 is 6.81. The van der Waals surface area contributed by atoms with E-state index in [1.165, 1.54) is 7.11 Å². The van der Waals surface area contributed by atoms with Crippen molar-refractivity contribution in [3.05, 3.63) is 59.2 Å². The molecule has 0 aliphatic carbocycles. The third kappa shape index (κ3) is 2.65. The van der Waals surface area contributed by atoms with Gasteiger partial charge >= 0.3 is 5.97 Å². The van der Waals surface area contributed by atoms with Crippen LogP contribution in [-0.2, 0) is 11.3 Å². The number of esters is 1. The van der Waals surface area contributed by atoms with Gasteiger partial charge in [-0.2, -0.15) is 0 Å². The van der Waals surface area contributed by atoms with E-state index in [2.05, 4.69) is 27.9 Å². The summed E-state index contributed by atoms with van der Waals surface area (Å²) >= 11 is 0. The Balaban J connectivity index is 1.72. The molecule has 25 heavy (non-hydrogen) atoms. The fourth-order valence-corrected chi connectivity index (χ4v) is 3.17. The minimum Gasteiger partial charge on any atom is -0.464 e. The van der Waals surface area contributed by atoms with Crippen molar-refractivity contribution in [3.63, 3.8) is 0 Å². The average molecular weight is 334 g/mol. The van der Waals surface area contributed by atoms with E-state index < -0.39 is 0 Å². The number of hydrogen-bond acceptors (Lipinski definition) is 4. The maximum absolute atomic E-state index is 11.7. The largest absolute Gasteiger partial charge is 0.464 e. The van der Waals surface area contributed by atoms with Crippen LogP contribution in [0.4, 0.5) is 0 Å². The average Bonchev–Trinajstić information content (AvgIpc) is 3.18. The number of pyridine rings is 1. The molecule has 0 saturated carbocycles. The van der Waals surface area contributed by atoms with E-state index >= 15 is 0 Å². The monoisotopic (exact) mass is 334 g/mol. The highest BCUT2D eigenvalue weighted by Crippen LogP contribution is 2.21. The van der Waals surface area contributed by atoms with Gasteiger partial charge in [0.2, 0.25) is 0 Å². The Hall–Kier alpha value is -3.15. The molecule has 3 aromatic heterocycles. The predicted octanol–water partition coefficient (Wildman–Crippen LogP) is 3.36. The highest BCUT2D eigenvalue weighted by atomic mass is 16.5. The standard InChI is InChI=1S/C19H18N4O2/c1-11-6-12(2)21-18-17(11)20-10-23(18)9-13-4-5-15-14(7-13)8-16(22-15)19(24)25-3/h4-8,10,22H,9H2,1-3H3. The number of rotatable bonds is 3. The van der Waals surface area contributed by atoms with Gasteiger partial charge in [-0.1, -0.05) is 6.07 Å². The number of H-pyrrole nitrogens is 1. The number of hydrogen-bond donors (Lipinski definition) is 1. The Morgan fingerprint density at radius 3 is 2.88 bits per heavy atom. The molecule has 3 heterocycles. The van der Waals surface area contributed by atoms with E-state index in [1.807, 2.05) is 42.1 Å². The zero-order valence-corrected chi connectivity index (χ0v) is 14.3. The second-order valence-electron chi connectivity index (χ2n) is 6.22. The van der Waals surface area contributed by atoms with E-state index in [0.29, 0.717) is 12.2 Å². The minimum absolute atomic E-state index is 0.367. The van der Waals surface area contributed by atoms with Crippen LogP contribution in [0.3, 0.4) is 0 Å². The molecule has 4 aromatic rings. The molecule has 0 atom stereocenters. The van der Waals surface area contributed by atoms with Gasteiger partial charge in [0.1, 0.15) is 11.2 Å². The van der Waals surface area contributed by atoms with E-state index in [1.54, 1.807) is 0 Å². The van der Waals surface area contributed by atoms with Crippen LogP contribution in [0.1, 0.15) is 27.3 Å². The van der Waals surface area contributed by atoms with Crippen LogP contribution in [0.25, 0.3) is 22.1 Å². The first-order valence-corrected chi connectivity index (χ1v) is 8.04. The molecule has 0 unspecified atom stereocenters. The first kappa shape index (κ1) is 15.4. The van der Waals surface area contributed by atoms with Crippen LogP contribution in [0.5, 0.6) is 0 Å². The van der Waals surface area contributed by atoms with Crippen LogP contribution >= 0.6 is 0 Å². The number of imidazole rings is 1. The second-order valence-corrected chi connectivity index (χ2v) is 6.22. The number of carbonyl (C=O) groups excluding carboxylic acids is 1. The van der Waals surface area contributed by atoms with Gasteiger partial charge in [0, 0.05) is 16.6 Å².